The van der Waals surface area contributed by atoms with Crippen molar-refractivity contribution in [2.75, 3.05) is 17.7 Å². The number of nitrogens with zero attached hydrogens (tertiary/aromatic N) is 3. The highest BCUT2D eigenvalue weighted by Crippen LogP contribution is 2.26. The van der Waals surface area contributed by atoms with Gasteiger partial charge < -0.3 is 15.8 Å². The zero-order chi connectivity index (χ0) is 14.4. The summed E-state index contributed by atoms with van der Waals surface area (Å²) in [5, 5.41) is 3.20. The second-order valence-corrected chi connectivity index (χ2v) is 4.40. The van der Waals surface area contributed by atoms with Crippen molar-refractivity contribution in [1.82, 2.24) is 15.0 Å². The van der Waals surface area contributed by atoms with Gasteiger partial charge in [-0.2, -0.15) is 4.98 Å². The molecule has 0 saturated heterocycles. The normalized spacial score (nSPS) is 10.3. The molecule has 0 aliphatic carbocycles. The third-order valence-electron chi connectivity index (χ3n) is 2.67. The van der Waals surface area contributed by atoms with Gasteiger partial charge in [-0.05, 0) is 31.0 Å². The summed E-state index contributed by atoms with van der Waals surface area (Å²) >= 11 is 0. The van der Waals surface area contributed by atoms with E-state index in [0.717, 1.165) is 12.0 Å². The van der Waals surface area contributed by atoms with E-state index < -0.39 is 0 Å². The lowest BCUT2D eigenvalue weighted by Gasteiger charge is -2.13. The van der Waals surface area contributed by atoms with Crippen LogP contribution in [0.5, 0.6) is 5.88 Å². The van der Waals surface area contributed by atoms with E-state index in [0.29, 0.717) is 36.4 Å². The third kappa shape index (κ3) is 3.57. The van der Waals surface area contributed by atoms with E-state index in [2.05, 4.69) is 20.3 Å². The highest BCUT2D eigenvalue weighted by atomic mass is 16.5. The van der Waals surface area contributed by atoms with Crippen LogP contribution in [0.15, 0.2) is 24.5 Å². The van der Waals surface area contributed by atoms with Crippen LogP contribution >= 0.6 is 0 Å². The molecule has 0 aromatic carbocycles. The van der Waals surface area contributed by atoms with Gasteiger partial charge in [-0.3, -0.25) is 4.98 Å². The van der Waals surface area contributed by atoms with Crippen molar-refractivity contribution in [2.45, 2.75) is 26.8 Å². The molecule has 0 radical (unpaired) electrons. The van der Waals surface area contributed by atoms with Crippen LogP contribution in [-0.2, 0) is 6.54 Å². The van der Waals surface area contributed by atoms with E-state index in [1.54, 1.807) is 12.4 Å². The number of ether oxygens (including phenoxy) is 1. The minimum Gasteiger partial charge on any atom is -0.476 e. The third-order valence-corrected chi connectivity index (χ3v) is 2.67. The zero-order valence-corrected chi connectivity index (χ0v) is 11.8. The van der Waals surface area contributed by atoms with Gasteiger partial charge in [0, 0.05) is 18.9 Å². The Morgan fingerprint density at radius 2 is 2.00 bits per heavy atom. The van der Waals surface area contributed by atoms with Crippen LogP contribution in [0.1, 0.15) is 24.7 Å². The average molecular weight is 273 g/mol. The van der Waals surface area contributed by atoms with Gasteiger partial charge in [0.25, 0.3) is 0 Å². The van der Waals surface area contributed by atoms with Gasteiger partial charge in [-0.25, -0.2) is 4.98 Å². The molecule has 2 aromatic heterocycles. The molecule has 0 amide bonds. The molecule has 2 aromatic rings. The number of anilines is 2. The Morgan fingerprint density at radius 1 is 1.25 bits per heavy atom. The fraction of sp³-hybridized carbons (Fsp3) is 0.357. The summed E-state index contributed by atoms with van der Waals surface area (Å²) in [5.41, 5.74) is 7.58. The van der Waals surface area contributed by atoms with Crippen molar-refractivity contribution in [3.05, 3.63) is 35.9 Å². The SMILES string of the molecule is CCCOc1nc(C)nc(NCc2ccncc2)c1N. The first kappa shape index (κ1) is 14.0. The number of nitrogens with one attached hydrogen (secondary N) is 1. The van der Waals surface area contributed by atoms with Crippen LogP contribution in [0.25, 0.3) is 0 Å². The summed E-state index contributed by atoms with van der Waals surface area (Å²) in [5.74, 6) is 1.67. The van der Waals surface area contributed by atoms with E-state index >= 15 is 0 Å². The van der Waals surface area contributed by atoms with Gasteiger partial charge >= 0.3 is 0 Å². The Hall–Kier alpha value is -2.37. The van der Waals surface area contributed by atoms with E-state index in [9.17, 15) is 0 Å². The molecular formula is C14H19N5O. The molecule has 0 saturated carbocycles. The molecule has 0 spiro atoms. The summed E-state index contributed by atoms with van der Waals surface area (Å²) in [6.45, 7) is 5.06. The quantitative estimate of drug-likeness (QED) is 0.838. The van der Waals surface area contributed by atoms with Crippen molar-refractivity contribution in [1.29, 1.82) is 0 Å². The highest BCUT2D eigenvalue weighted by Gasteiger charge is 2.11. The molecule has 0 bridgehead atoms. The predicted octanol–water partition coefficient (Wildman–Crippen LogP) is 2.16. The summed E-state index contributed by atoms with van der Waals surface area (Å²) < 4.78 is 5.53. The first-order valence-electron chi connectivity index (χ1n) is 6.60. The largest absolute Gasteiger partial charge is 0.476 e. The lowest BCUT2D eigenvalue weighted by atomic mass is 10.2. The Morgan fingerprint density at radius 3 is 2.70 bits per heavy atom. The minimum atomic E-state index is 0.441. The van der Waals surface area contributed by atoms with Gasteiger partial charge in [0.2, 0.25) is 5.88 Å². The predicted molar refractivity (Wildman–Crippen MR) is 78.5 cm³/mol. The van der Waals surface area contributed by atoms with Gasteiger partial charge in [-0.1, -0.05) is 6.92 Å². The maximum absolute atomic E-state index is 6.03. The number of nitrogen functional groups attached to an aromatic ring is 1. The van der Waals surface area contributed by atoms with Gasteiger partial charge in [0.05, 0.1) is 6.61 Å². The zero-order valence-electron chi connectivity index (χ0n) is 11.8. The van der Waals surface area contributed by atoms with Gasteiger partial charge in [-0.15, -0.1) is 0 Å². The van der Waals surface area contributed by atoms with Crippen molar-refractivity contribution in [3.8, 4) is 5.88 Å². The second kappa shape index (κ2) is 6.70. The number of rotatable bonds is 6. The number of hydrogen-bond acceptors (Lipinski definition) is 6. The van der Waals surface area contributed by atoms with Crippen LogP contribution in [0.3, 0.4) is 0 Å². The molecule has 0 aliphatic rings. The van der Waals surface area contributed by atoms with Crippen LogP contribution in [0.4, 0.5) is 11.5 Å². The van der Waals surface area contributed by atoms with E-state index in [1.807, 2.05) is 26.0 Å². The molecule has 3 N–H and O–H groups in total. The topological polar surface area (TPSA) is 86.0 Å². The van der Waals surface area contributed by atoms with E-state index in [-0.39, 0.29) is 0 Å². The molecule has 2 heterocycles. The standard InChI is InChI=1S/C14H19N5O/c1-3-8-20-14-12(15)13(18-10(2)19-14)17-9-11-4-6-16-7-5-11/h4-7H,3,8-9,15H2,1-2H3,(H,17,18,19). The fourth-order valence-electron chi connectivity index (χ4n) is 1.69. The molecule has 6 nitrogen and oxygen atoms in total. The van der Waals surface area contributed by atoms with Crippen molar-refractivity contribution < 1.29 is 4.74 Å². The lowest BCUT2D eigenvalue weighted by Crippen LogP contribution is -2.10. The number of nitrogens with two attached hydrogens (primary N) is 1. The Labute approximate surface area is 118 Å². The first-order valence-corrected chi connectivity index (χ1v) is 6.60. The molecule has 0 fully saturated rings. The molecule has 0 unspecified atom stereocenters. The maximum atomic E-state index is 6.03. The summed E-state index contributed by atoms with van der Waals surface area (Å²) in [6.07, 6.45) is 4.41. The van der Waals surface area contributed by atoms with Crippen LogP contribution < -0.4 is 15.8 Å². The number of aromatic nitrogens is 3. The van der Waals surface area contributed by atoms with Crippen LogP contribution in [-0.4, -0.2) is 21.6 Å². The number of hydrogen-bond donors (Lipinski definition) is 2. The maximum Gasteiger partial charge on any atom is 0.242 e. The Kier molecular flexibility index (Phi) is 4.70. The molecular weight excluding hydrogens is 254 g/mol. The van der Waals surface area contributed by atoms with Crippen molar-refractivity contribution in [2.24, 2.45) is 0 Å². The Bertz CT molecular complexity index is 559. The van der Waals surface area contributed by atoms with Gasteiger partial charge in [0.1, 0.15) is 11.5 Å². The molecule has 0 atom stereocenters. The molecule has 106 valence electrons. The van der Waals surface area contributed by atoms with E-state index in [1.165, 1.54) is 0 Å². The minimum absolute atomic E-state index is 0.441. The first-order chi connectivity index (χ1) is 9.70. The van der Waals surface area contributed by atoms with Crippen LogP contribution in [0.2, 0.25) is 0 Å². The van der Waals surface area contributed by atoms with Gasteiger partial charge in [0.15, 0.2) is 5.82 Å². The molecule has 6 heteroatoms. The lowest BCUT2D eigenvalue weighted by molar-refractivity contribution is 0.306. The Balaban J connectivity index is 2.12. The average Bonchev–Trinajstić information content (AvgIpc) is 2.47. The van der Waals surface area contributed by atoms with Crippen LogP contribution in [0, 0.1) is 6.92 Å². The summed E-state index contributed by atoms with van der Waals surface area (Å²) in [4.78, 5) is 12.5. The van der Waals surface area contributed by atoms with Crippen molar-refractivity contribution >= 4 is 11.5 Å². The monoisotopic (exact) mass is 273 g/mol. The number of pyridine rings is 1. The fourth-order valence-corrected chi connectivity index (χ4v) is 1.69. The smallest absolute Gasteiger partial charge is 0.242 e. The summed E-state index contributed by atoms with van der Waals surface area (Å²) in [7, 11) is 0. The van der Waals surface area contributed by atoms with E-state index in [4.69, 9.17) is 10.5 Å². The number of aryl methyl sites for hydroxylation is 1. The summed E-state index contributed by atoms with van der Waals surface area (Å²) in [6, 6.07) is 3.87. The van der Waals surface area contributed by atoms with Crippen molar-refractivity contribution in [3.63, 3.8) is 0 Å². The molecule has 0 aliphatic heterocycles. The highest BCUT2D eigenvalue weighted by molar-refractivity contribution is 5.66. The molecule has 2 rings (SSSR count). The molecule has 20 heavy (non-hydrogen) atoms. The second-order valence-electron chi connectivity index (χ2n) is 4.40.